The molecule has 1 amide bonds. The summed E-state index contributed by atoms with van der Waals surface area (Å²) in [7, 11) is 0. The molecule has 2 aromatic rings. The number of hydrogen-bond donors (Lipinski definition) is 3. The van der Waals surface area contributed by atoms with Crippen molar-refractivity contribution >= 4 is 28.9 Å². The van der Waals surface area contributed by atoms with Crippen molar-refractivity contribution in [1.82, 2.24) is 10.9 Å². The number of anilines is 1. The summed E-state index contributed by atoms with van der Waals surface area (Å²) in [4.78, 5) is 11.9. The molecular weight excluding hydrogens is 286 g/mol. The number of rotatable bonds is 2. The number of furan rings is 1. The molecule has 3 N–H and O–H groups in total. The Morgan fingerprint density at radius 2 is 1.90 bits per heavy atom. The Kier molecular flexibility index (Phi) is 4.59. The minimum atomic E-state index is -0.300. The van der Waals surface area contributed by atoms with Gasteiger partial charge in [-0.05, 0) is 56.2 Å². The van der Waals surface area contributed by atoms with Crippen molar-refractivity contribution in [1.29, 1.82) is 0 Å². The Labute approximate surface area is 128 Å². The first-order valence-corrected chi connectivity index (χ1v) is 6.87. The number of thiocarbonyl (C=S) groups is 1. The molecule has 6 heteroatoms. The monoisotopic (exact) mass is 303 g/mol. The lowest BCUT2D eigenvalue weighted by atomic mass is 10.1. The highest BCUT2D eigenvalue weighted by Gasteiger charge is 2.11. The lowest BCUT2D eigenvalue weighted by Crippen LogP contribution is -2.43. The van der Waals surface area contributed by atoms with Gasteiger partial charge < -0.3 is 9.73 Å². The molecule has 0 bridgehead atoms. The zero-order chi connectivity index (χ0) is 15.4. The Morgan fingerprint density at radius 3 is 2.57 bits per heavy atom. The van der Waals surface area contributed by atoms with Crippen molar-refractivity contribution < 1.29 is 9.21 Å². The van der Waals surface area contributed by atoms with Gasteiger partial charge in [-0.15, -0.1) is 0 Å². The lowest BCUT2D eigenvalue weighted by Gasteiger charge is -2.13. The molecule has 110 valence electrons. The van der Waals surface area contributed by atoms with Crippen molar-refractivity contribution in [3.63, 3.8) is 0 Å². The molecule has 5 nitrogen and oxygen atoms in total. The van der Waals surface area contributed by atoms with E-state index in [-0.39, 0.29) is 5.91 Å². The van der Waals surface area contributed by atoms with Crippen LogP contribution in [0.1, 0.15) is 27.2 Å². The van der Waals surface area contributed by atoms with E-state index in [1.807, 2.05) is 32.0 Å². The lowest BCUT2D eigenvalue weighted by molar-refractivity contribution is 0.0942. The SMILES string of the molecule is Cc1ccc(C)c(NC(=S)NNC(=O)c2ccoc2C)c1. The first-order valence-electron chi connectivity index (χ1n) is 6.46. The minimum Gasteiger partial charge on any atom is -0.469 e. The van der Waals surface area contributed by atoms with Crippen molar-refractivity contribution in [2.24, 2.45) is 0 Å². The maximum atomic E-state index is 11.9. The predicted molar refractivity (Wildman–Crippen MR) is 86.2 cm³/mol. The van der Waals surface area contributed by atoms with E-state index in [1.54, 1.807) is 13.0 Å². The molecule has 0 aliphatic heterocycles. The zero-order valence-electron chi connectivity index (χ0n) is 12.1. The molecule has 1 heterocycles. The van der Waals surface area contributed by atoms with Crippen LogP contribution in [0.4, 0.5) is 5.69 Å². The van der Waals surface area contributed by atoms with Crippen molar-refractivity contribution in [2.75, 3.05) is 5.32 Å². The average molecular weight is 303 g/mol. The van der Waals surface area contributed by atoms with Gasteiger partial charge in [0.25, 0.3) is 5.91 Å². The summed E-state index contributed by atoms with van der Waals surface area (Å²) in [5, 5.41) is 3.37. The first-order chi connectivity index (χ1) is 9.97. The summed E-state index contributed by atoms with van der Waals surface area (Å²) in [6, 6.07) is 7.63. The van der Waals surface area contributed by atoms with E-state index in [9.17, 15) is 4.79 Å². The quantitative estimate of drug-likeness (QED) is 0.588. The van der Waals surface area contributed by atoms with Crippen LogP contribution in [-0.2, 0) is 0 Å². The minimum absolute atomic E-state index is 0.300. The molecule has 2 rings (SSSR count). The van der Waals surface area contributed by atoms with E-state index in [0.717, 1.165) is 16.8 Å². The van der Waals surface area contributed by atoms with Crippen molar-refractivity contribution in [3.05, 3.63) is 53.0 Å². The van der Waals surface area contributed by atoms with Gasteiger partial charge in [0.15, 0.2) is 5.11 Å². The van der Waals surface area contributed by atoms with Crippen LogP contribution in [0.25, 0.3) is 0 Å². The zero-order valence-corrected chi connectivity index (χ0v) is 12.9. The van der Waals surface area contributed by atoms with E-state index >= 15 is 0 Å². The normalized spacial score (nSPS) is 10.0. The molecule has 1 aromatic heterocycles. The molecule has 0 saturated heterocycles. The van der Waals surface area contributed by atoms with Crippen LogP contribution < -0.4 is 16.2 Å². The number of benzene rings is 1. The topological polar surface area (TPSA) is 66.3 Å². The van der Waals surface area contributed by atoms with Gasteiger partial charge in [-0.3, -0.25) is 15.6 Å². The van der Waals surface area contributed by atoms with E-state index in [4.69, 9.17) is 16.6 Å². The number of hydrogen-bond acceptors (Lipinski definition) is 3. The molecule has 0 aliphatic carbocycles. The highest BCUT2D eigenvalue weighted by molar-refractivity contribution is 7.80. The maximum absolute atomic E-state index is 11.9. The molecule has 0 saturated carbocycles. The van der Waals surface area contributed by atoms with Gasteiger partial charge in [-0.25, -0.2) is 0 Å². The van der Waals surface area contributed by atoms with Gasteiger partial charge in [0, 0.05) is 5.69 Å². The average Bonchev–Trinajstić information content (AvgIpc) is 2.86. The largest absolute Gasteiger partial charge is 0.469 e. The highest BCUT2D eigenvalue weighted by atomic mass is 32.1. The number of hydrazine groups is 1. The number of carbonyl (C=O) groups excluding carboxylic acids is 1. The molecule has 0 fully saturated rings. The second-order valence-corrected chi connectivity index (χ2v) is 5.15. The van der Waals surface area contributed by atoms with Gasteiger partial charge in [-0.1, -0.05) is 12.1 Å². The third-order valence-electron chi connectivity index (χ3n) is 3.03. The number of carbonyl (C=O) groups is 1. The molecule has 0 radical (unpaired) electrons. The summed E-state index contributed by atoms with van der Waals surface area (Å²) in [5.74, 6) is 0.258. The molecule has 0 aliphatic rings. The van der Waals surface area contributed by atoms with Crippen LogP contribution in [0.3, 0.4) is 0 Å². The Hall–Kier alpha value is -2.34. The molecule has 0 spiro atoms. The predicted octanol–water partition coefficient (Wildman–Crippen LogP) is 2.84. The van der Waals surface area contributed by atoms with Gasteiger partial charge in [0.05, 0.1) is 11.8 Å². The summed E-state index contributed by atoms with van der Waals surface area (Å²) < 4.78 is 5.08. The molecule has 21 heavy (non-hydrogen) atoms. The van der Waals surface area contributed by atoms with Crippen LogP contribution in [0.2, 0.25) is 0 Å². The Bertz CT molecular complexity index is 679. The van der Waals surface area contributed by atoms with Gasteiger partial charge >= 0.3 is 0 Å². The fourth-order valence-corrected chi connectivity index (χ4v) is 1.99. The number of nitrogens with one attached hydrogen (secondary N) is 3. The molecule has 0 unspecified atom stereocenters. The van der Waals surface area contributed by atoms with Crippen LogP contribution in [0.5, 0.6) is 0 Å². The Balaban J connectivity index is 1.92. The van der Waals surface area contributed by atoms with E-state index in [1.165, 1.54) is 6.26 Å². The summed E-state index contributed by atoms with van der Waals surface area (Å²) in [5.41, 5.74) is 8.77. The fraction of sp³-hybridized carbons (Fsp3) is 0.200. The molecule has 1 aromatic carbocycles. The maximum Gasteiger partial charge on any atom is 0.273 e. The van der Waals surface area contributed by atoms with Crippen LogP contribution in [0, 0.1) is 20.8 Å². The van der Waals surface area contributed by atoms with Gasteiger partial charge in [0.1, 0.15) is 5.76 Å². The van der Waals surface area contributed by atoms with Gasteiger partial charge in [-0.2, -0.15) is 0 Å². The standard InChI is InChI=1S/C15H17N3O2S/c1-9-4-5-10(2)13(8-9)16-15(21)18-17-14(19)12-6-7-20-11(12)3/h4-8H,1-3H3,(H,17,19)(H2,16,18,21). The summed E-state index contributed by atoms with van der Waals surface area (Å²) >= 11 is 5.16. The van der Waals surface area contributed by atoms with Gasteiger partial charge in [0.2, 0.25) is 0 Å². The van der Waals surface area contributed by atoms with E-state index < -0.39 is 0 Å². The second kappa shape index (κ2) is 6.41. The molecular formula is C15H17N3O2S. The fourth-order valence-electron chi connectivity index (χ4n) is 1.83. The summed E-state index contributed by atoms with van der Waals surface area (Å²) in [6.45, 7) is 5.71. The van der Waals surface area contributed by atoms with Crippen LogP contribution in [-0.4, -0.2) is 11.0 Å². The second-order valence-electron chi connectivity index (χ2n) is 4.74. The summed E-state index contributed by atoms with van der Waals surface area (Å²) in [6.07, 6.45) is 1.47. The third kappa shape index (κ3) is 3.82. The third-order valence-corrected chi connectivity index (χ3v) is 3.24. The van der Waals surface area contributed by atoms with Crippen LogP contribution >= 0.6 is 12.2 Å². The molecule has 0 atom stereocenters. The van der Waals surface area contributed by atoms with Crippen LogP contribution in [0.15, 0.2) is 34.9 Å². The first kappa shape index (κ1) is 15.1. The van der Waals surface area contributed by atoms with Crippen molar-refractivity contribution in [2.45, 2.75) is 20.8 Å². The number of aryl methyl sites for hydroxylation is 3. The van der Waals surface area contributed by atoms with E-state index in [0.29, 0.717) is 16.4 Å². The smallest absolute Gasteiger partial charge is 0.273 e. The Morgan fingerprint density at radius 1 is 1.14 bits per heavy atom. The van der Waals surface area contributed by atoms with E-state index in [2.05, 4.69) is 16.2 Å². The number of amides is 1. The van der Waals surface area contributed by atoms with Crippen molar-refractivity contribution in [3.8, 4) is 0 Å². The highest BCUT2D eigenvalue weighted by Crippen LogP contribution is 2.16.